The smallest absolute Gasteiger partial charge is 0.228 e. The Bertz CT molecular complexity index is 847. The molecule has 24 heavy (non-hydrogen) atoms. The van der Waals surface area contributed by atoms with Crippen LogP contribution in [0.5, 0.6) is 0 Å². The largest absolute Gasteiger partial charge is 0.324 e. The van der Waals surface area contributed by atoms with Crippen LogP contribution >= 0.6 is 23.2 Å². The standard InChI is InChI=1S/C17H17Cl2NO3S/c1-11(2)24(22,23)13-8-6-12(7-9-13)10-16(21)20-15-5-3-4-14(18)17(15)19/h3-9,11H,10H2,1-2H3,(H,20,21). The molecule has 0 fully saturated rings. The predicted octanol–water partition coefficient (Wildman–Crippen LogP) is 4.36. The SMILES string of the molecule is CC(C)S(=O)(=O)c1ccc(CC(=O)Nc2cccc(Cl)c2Cl)cc1. The minimum absolute atomic E-state index is 0.102. The average molecular weight is 386 g/mol. The molecule has 2 aromatic rings. The maximum atomic E-state index is 12.1. The quantitative estimate of drug-likeness (QED) is 0.831. The van der Waals surface area contributed by atoms with E-state index in [1.165, 1.54) is 12.1 Å². The van der Waals surface area contributed by atoms with E-state index in [0.29, 0.717) is 16.3 Å². The van der Waals surface area contributed by atoms with Crippen LogP contribution < -0.4 is 5.32 Å². The molecule has 2 rings (SSSR count). The molecule has 0 heterocycles. The first-order valence-corrected chi connectivity index (χ1v) is 9.58. The first kappa shape index (κ1) is 18.8. The molecule has 0 aliphatic carbocycles. The minimum Gasteiger partial charge on any atom is -0.324 e. The fourth-order valence-corrected chi connectivity index (χ4v) is 3.46. The molecule has 0 bridgehead atoms. The van der Waals surface area contributed by atoms with Crippen molar-refractivity contribution in [1.29, 1.82) is 0 Å². The molecule has 0 atom stereocenters. The molecule has 2 aromatic carbocycles. The lowest BCUT2D eigenvalue weighted by Crippen LogP contribution is -2.16. The molecule has 7 heteroatoms. The zero-order valence-corrected chi connectivity index (χ0v) is 15.5. The van der Waals surface area contributed by atoms with Crippen LogP contribution in [0, 0.1) is 0 Å². The van der Waals surface area contributed by atoms with Gasteiger partial charge in [-0.3, -0.25) is 4.79 Å². The molecule has 0 aromatic heterocycles. The molecular formula is C17H17Cl2NO3S. The van der Waals surface area contributed by atoms with E-state index >= 15 is 0 Å². The van der Waals surface area contributed by atoms with Crippen molar-refractivity contribution in [3.63, 3.8) is 0 Å². The second kappa shape index (κ2) is 7.55. The first-order valence-electron chi connectivity index (χ1n) is 7.28. The lowest BCUT2D eigenvalue weighted by Gasteiger charge is -2.10. The molecule has 0 spiro atoms. The number of halogens is 2. The molecule has 1 N–H and O–H groups in total. The Morgan fingerprint density at radius 1 is 1.08 bits per heavy atom. The highest BCUT2D eigenvalue weighted by Crippen LogP contribution is 2.29. The lowest BCUT2D eigenvalue weighted by molar-refractivity contribution is -0.115. The fraction of sp³-hybridized carbons (Fsp3) is 0.235. The van der Waals surface area contributed by atoms with Crippen LogP contribution in [-0.2, 0) is 21.1 Å². The van der Waals surface area contributed by atoms with Crippen LogP contribution in [0.4, 0.5) is 5.69 Å². The third-order valence-corrected chi connectivity index (χ3v) is 6.45. The highest BCUT2D eigenvalue weighted by Gasteiger charge is 2.19. The number of benzene rings is 2. The zero-order valence-electron chi connectivity index (χ0n) is 13.2. The molecule has 0 unspecified atom stereocenters. The topological polar surface area (TPSA) is 63.2 Å². The van der Waals surface area contributed by atoms with Gasteiger partial charge >= 0.3 is 0 Å². The summed E-state index contributed by atoms with van der Waals surface area (Å²) in [6.07, 6.45) is 0.102. The lowest BCUT2D eigenvalue weighted by atomic mass is 10.1. The highest BCUT2D eigenvalue weighted by atomic mass is 35.5. The van der Waals surface area contributed by atoms with Gasteiger partial charge in [-0.1, -0.05) is 41.4 Å². The normalized spacial score (nSPS) is 11.5. The predicted molar refractivity (Wildman–Crippen MR) is 97.6 cm³/mol. The number of hydrogen-bond donors (Lipinski definition) is 1. The molecule has 0 saturated heterocycles. The van der Waals surface area contributed by atoms with Gasteiger partial charge in [0.15, 0.2) is 9.84 Å². The minimum atomic E-state index is -3.31. The number of anilines is 1. The molecule has 128 valence electrons. The average Bonchev–Trinajstić information content (AvgIpc) is 2.52. The van der Waals surface area contributed by atoms with Crippen LogP contribution in [0.3, 0.4) is 0 Å². The van der Waals surface area contributed by atoms with E-state index in [1.807, 2.05) is 0 Å². The summed E-state index contributed by atoms with van der Waals surface area (Å²) in [5, 5.41) is 2.84. The molecule has 0 saturated carbocycles. The fourth-order valence-electron chi connectivity index (χ4n) is 2.05. The van der Waals surface area contributed by atoms with Crippen molar-refractivity contribution in [3.8, 4) is 0 Å². The van der Waals surface area contributed by atoms with Crippen molar-refractivity contribution in [2.75, 3.05) is 5.32 Å². The van der Waals surface area contributed by atoms with Gasteiger partial charge in [0.05, 0.1) is 32.3 Å². The Morgan fingerprint density at radius 2 is 1.71 bits per heavy atom. The molecule has 0 aliphatic heterocycles. The summed E-state index contributed by atoms with van der Waals surface area (Å²) in [6.45, 7) is 3.26. The van der Waals surface area contributed by atoms with E-state index in [0.717, 1.165) is 0 Å². The van der Waals surface area contributed by atoms with Gasteiger partial charge in [0.25, 0.3) is 0 Å². The van der Waals surface area contributed by atoms with Gasteiger partial charge in [-0.25, -0.2) is 8.42 Å². The summed E-state index contributed by atoms with van der Waals surface area (Å²) in [5.41, 5.74) is 1.14. The van der Waals surface area contributed by atoms with Crippen molar-refractivity contribution in [2.24, 2.45) is 0 Å². The third-order valence-electron chi connectivity index (χ3n) is 3.46. The van der Waals surface area contributed by atoms with E-state index in [1.54, 1.807) is 44.2 Å². The summed E-state index contributed by atoms with van der Waals surface area (Å²) >= 11 is 11.9. The van der Waals surface area contributed by atoms with Crippen molar-refractivity contribution >= 4 is 44.6 Å². The number of amides is 1. The Hall–Kier alpha value is -1.56. The van der Waals surface area contributed by atoms with E-state index in [-0.39, 0.29) is 22.2 Å². The summed E-state index contributed by atoms with van der Waals surface area (Å²) in [5.74, 6) is -0.265. The molecule has 1 amide bonds. The van der Waals surface area contributed by atoms with Crippen molar-refractivity contribution in [3.05, 3.63) is 58.1 Å². The number of hydrogen-bond acceptors (Lipinski definition) is 3. The van der Waals surface area contributed by atoms with Gasteiger partial charge in [-0.2, -0.15) is 0 Å². The van der Waals surface area contributed by atoms with Gasteiger partial charge in [-0.05, 0) is 43.7 Å². The Morgan fingerprint density at radius 3 is 2.29 bits per heavy atom. The second-order valence-electron chi connectivity index (χ2n) is 5.56. The van der Waals surface area contributed by atoms with Gasteiger partial charge in [0, 0.05) is 0 Å². The summed E-state index contributed by atoms with van der Waals surface area (Å²) in [7, 11) is -3.31. The van der Waals surface area contributed by atoms with E-state index < -0.39 is 15.1 Å². The molecular weight excluding hydrogens is 369 g/mol. The van der Waals surface area contributed by atoms with Crippen LogP contribution in [0.15, 0.2) is 47.4 Å². The van der Waals surface area contributed by atoms with Crippen LogP contribution in [0.25, 0.3) is 0 Å². The first-order chi connectivity index (χ1) is 11.2. The van der Waals surface area contributed by atoms with E-state index in [9.17, 15) is 13.2 Å². The Kier molecular flexibility index (Phi) is 5.91. The van der Waals surface area contributed by atoms with Gasteiger partial charge in [0.2, 0.25) is 5.91 Å². The maximum absolute atomic E-state index is 12.1. The van der Waals surface area contributed by atoms with E-state index in [2.05, 4.69) is 5.32 Å². The van der Waals surface area contributed by atoms with Crippen molar-refractivity contribution < 1.29 is 13.2 Å². The van der Waals surface area contributed by atoms with Gasteiger partial charge < -0.3 is 5.32 Å². The number of rotatable bonds is 5. The van der Waals surface area contributed by atoms with Gasteiger partial charge in [0.1, 0.15) is 0 Å². The van der Waals surface area contributed by atoms with Crippen molar-refractivity contribution in [2.45, 2.75) is 30.4 Å². The molecule has 0 radical (unpaired) electrons. The van der Waals surface area contributed by atoms with Crippen LogP contribution in [-0.4, -0.2) is 19.6 Å². The summed E-state index contributed by atoms with van der Waals surface area (Å²) in [4.78, 5) is 12.4. The highest BCUT2D eigenvalue weighted by molar-refractivity contribution is 7.92. The third kappa shape index (κ3) is 4.29. The second-order valence-corrected chi connectivity index (χ2v) is 8.85. The zero-order chi connectivity index (χ0) is 17.9. The molecule has 0 aliphatic rings. The number of carbonyl (C=O) groups is 1. The monoisotopic (exact) mass is 385 g/mol. The maximum Gasteiger partial charge on any atom is 0.228 e. The Balaban J connectivity index is 2.09. The number of carbonyl (C=O) groups excluding carboxylic acids is 1. The summed E-state index contributed by atoms with van der Waals surface area (Å²) in [6, 6.07) is 11.3. The molecule has 4 nitrogen and oxygen atoms in total. The van der Waals surface area contributed by atoms with Gasteiger partial charge in [-0.15, -0.1) is 0 Å². The van der Waals surface area contributed by atoms with Crippen molar-refractivity contribution in [1.82, 2.24) is 0 Å². The van der Waals surface area contributed by atoms with Crippen LogP contribution in [0.1, 0.15) is 19.4 Å². The number of sulfone groups is 1. The number of nitrogens with one attached hydrogen (secondary N) is 1. The van der Waals surface area contributed by atoms with E-state index in [4.69, 9.17) is 23.2 Å². The summed E-state index contributed by atoms with van der Waals surface area (Å²) < 4.78 is 24.1. The Labute approximate surface area is 151 Å². The van der Waals surface area contributed by atoms with Crippen LogP contribution in [0.2, 0.25) is 10.0 Å².